The molecule has 1 amide bonds. The van der Waals surface area contributed by atoms with Gasteiger partial charge in [-0.15, -0.1) is 0 Å². The second-order valence-electron chi connectivity index (χ2n) is 1.94. The highest BCUT2D eigenvalue weighted by molar-refractivity contribution is 5.95. The lowest BCUT2D eigenvalue weighted by atomic mass is 10.1. The van der Waals surface area contributed by atoms with Crippen LogP contribution in [-0.4, -0.2) is 23.4 Å². The van der Waals surface area contributed by atoms with Gasteiger partial charge in [0.15, 0.2) is 0 Å². The van der Waals surface area contributed by atoms with Gasteiger partial charge in [0.05, 0.1) is 12.3 Å². The Bertz CT molecular complexity index is 141. The van der Waals surface area contributed by atoms with Gasteiger partial charge in [0.2, 0.25) is 5.91 Å². The third-order valence-electron chi connectivity index (χ3n) is 1.27. The highest BCUT2D eigenvalue weighted by atomic mass is 16.4. The number of rotatable bonds is 0. The van der Waals surface area contributed by atoms with Crippen molar-refractivity contribution in [1.29, 1.82) is 0 Å². The smallest absolute Gasteiger partial charge is 0.220 e. The van der Waals surface area contributed by atoms with Crippen molar-refractivity contribution in [3.63, 3.8) is 0 Å². The standard InChI is InChI=1S/C5H8N2O2/c8-5-2-1-4(7-9)3-6-5/h9H,1-3H2,(H,6,8)/b7-4+. The third kappa shape index (κ3) is 1.42. The minimum atomic E-state index is 0.0300. The van der Waals surface area contributed by atoms with Crippen LogP contribution >= 0.6 is 0 Å². The SMILES string of the molecule is O=C1CC/C(=N\O)CN1. The van der Waals surface area contributed by atoms with Crippen molar-refractivity contribution in [3.8, 4) is 0 Å². The fraction of sp³-hybridized carbons (Fsp3) is 0.600. The Morgan fingerprint density at radius 2 is 2.33 bits per heavy atom. The first-order chi connectivity index (χ1) is 4.33. The number of hydrogen-bond acceptors (Lipinski definition) is 3. The van der Waals surface area contributed by atoms with Crippen molar-refractivity contribution >= 4 is 11.6 Å². The molecule has 4 nitrogen and oxygen atoms in total. The molecule has 50 valence electrons. The van der Waals surface area contributed by atoms with Gasteiger partial charge in [-0.3, -0.25) is 4.79 Å². The van der Waals surface area contributed by atoms with Gasteiger partial charge in [0.1, 0.15) is 0 Å². The molecule has 2 N–H and O–H groups in total. The van der Waals surface area contributed by atoms with E-state index >= 15 is 0 Å². The Labute approximate surface area is 52.5 Å². The molecule has 0 unspecified atom stereocenters. The fourth-order valence-corrected chi connectivity index (χ4v) is 0.721. The minimum absolute atomic E-state index is 0.0300. The summed E-state index contributed by atoms with van der Waals surface area (Å²) in [5.74, 6) is 0.0300. The molecule has 0 aromatic rings. The zero-order chi connectivity index (χ0) is 6.69. The molecule has 0 aliphatic carbocycles. The Morgan fingerprint density at radius 1 is 1.56 bits per heavy atom. The van der Waals surface area contributed by atoms with Gasteiger partial charge in [0.25, 0.3) is 0 Å². The second kappa shape index (κ2) is 2.48. The molecule has 9 heavy (non-hydrogen) atoms. The zero-order valence-electron chi connectivity index (χ0n) is 4.92. The molecule has 0 aromatic carbocycles. The summed E-state index contributed by atoms with van der Waals surface area (Å²) >= 11 is 0. The van der Waals surface area contributed by atoms with Crippen LogP contribution in [0, 0.1) is 0 Å². The summed E-state index contributed by atoms with van der Waals surface area (Å²) in [4.78, 5) is 10.5. The fourth-order valence-electron chi connectivity index (χ4n) is 0.721. The summed E-state index contributed by atoms with van der Waals surface area (Å²) in [5.41, 5.74) is 0.648. The molecule has 0 aromatic heterocycles. The molecule has 4 heteroatoms. The number of amides is 1. The molecule has 1 aliphatic rings. The zero-order valence-corrected chi connectivity index (χ0v) is 4.92. The molecule has 1 rings (SSSR count). The number of carbonyl (C=O) groups is 1. The highest BCUT2D eigenvalue weighted by Gasteiger charge is 2.11. The van der Waals surface area contributed by atoms with Gasteiger partial charge in [-0.05, 0) is 6.42 Å². The summed E-state index contributed by atoms with van der Waals surface area (Å²) in [6.45, 7) is 0.398. The average molecular weight is 128 g/mol. The van der Waals surface area contributed by atoms with Gasteiger partial charge in [-0.25, -0.2) is 0 Å². The number of nitrogens with zero attached hydrogens (tertiary/aromatic N) is 1. The topological polar surface area (TPSA) is 61.7 Å². The van der Waals surface area contributed by atoms with E-state index in [2.05, 4.69) is 10.5 Å². The molecule has 1 fully saturated rings. The van der Waals surface area contributed by atoms with Crippen LogP contribution in [0.5, 0.6) is 0 Å². The van der Waals surface area contributed by atoms with E-state index in [1.807, 2.05) is 0 Å². The van der Waals surface area contributed by atoms with Crippen molar-refractivity contribution in [2.75, 3.05) is 6.54 Å². The predicted molar refractivity (Wildman–Crippen MR) is 31.5 cm³/mol. The molecule has 0 bridgehead atoms. The van der Waals surface area contributed by atoms with Crippen LogP contribution in [0.4, 0.5) is 0 Å². The highest BCUT2D eigenvalue weighted by Crippen LogP contribution is 1.97. The molecule has 0 spiro atoms. The molecule has 0 saturated carbocycles. The van der Waals surface area contributed by atoms with Crippen molar-refractivity contribution in [3.05, 3.63) is 0 Å². The molecular formula is C5H8N2O2. The maximum atomic E-state index is 10.5. The second-order valence-corrected chi connectivity index (χ2v) is 1.94. The number of oxime groups is 1. The number of hydrogen-bond donors (Lipinski definition) is 2. The van der Waals surface area contributed by atoms with E-state index in [9.17, 15) is 4.79 Å². The van der Waals surface area contributed by atoms with Crippen LogP contribution in [0.15, 0.2) is 5.16 Å². The van der Waals surface area contributed by atoms with E-state index in [1.165, 1.54) is 0 Å². The van der Waals surface area contributed by atoms with Gasteiger partial charge in [0, 0.05) is 6.42 Å². The van der Waals surface area contributed by atoms with Crippen LogP contribution < -0.4 is 5.32 Å². The number of piperidine rings is 1. The summed E-state index contributed by atoms with van der Waals surface area (Å²) in [6, 6.07) is 0. The third-order valence-corrected chi connectivity index (χ3v) is 1.27. The number of carbonyl (C=O) groups excluding carboxylic acids is 1. The molecule has 0 atom stereocenters. The lowest BCUT2D eigenvalue weighted by molar-refractivity contribution is -0.121. The van der Waals surface area contributed by atoms with Gasteiger partial charge in [-0.2, -0.15) is 0 Å². The Hall–Kier alpha value is -1.06. The maximum absolute atomic E-state index is 10.5. The lowest BCUT2D eigenvalue weighted by Crippen LogP contribution is -2.34. The van der Waals surface area contributed by atoms with Crippen molar-refractivity contribution in [1.82, 2.24) is 5.32 Å². The largest absolute Gasteiger partial charge is 0.411 e. The maximum Gasteiger partial charge on any atom is 0.220 e. The van der Waals surface area contributed by atoms with E-state index in [-0.39, 0.29) is 5.91 Å². The van der Waals surface area contributed by atoms with Gasteiger partial charge in [-0.1, -0.05) is 5.16 Å². The van der Waals surface area contributed by atoms with Crippen LogP contribution in [0.2, 0.25) is 0 Å². The van der Waals surface area contributed by atoms with Crippen LogP contribution in [0.1, 0.15) is 12.8 Å². The van der Waals surface area contributed by atoms with E-state index in [0.29, 0.717) is 25.1 Å². The van der Waals surface area contributed by atoms with Crippen LogP contribution in [0.3, 0.4) is 0 Å². The quantitative estimate of drug-likeness (QED) is 0.348. The van der Waals surface area contributed by atoms with Crippen molar-refractivity contribution in [2.24, 2.45) is 5.16 Å². The summed E-state index contributed by atoms with van der Waals surface area (Å²) in [5, 5.41) is 13.8. The molecule has 1 aliphatic heterocycles. The van der Waals surface area contributed by atoms with E-state index in [0.717, 1.165) is 0 Å². The monoisotopic (exact) mass is 128 g/mol. The van der Waals surface area contributed by atoms with E-state index < -0.39 is 0 Å². The molecule has 1 saturated heterocycles. The first-order valence-electron chi connectivity index (χ1n) is 2.79. The average Bonchev–Trinajstić information content (AvgIpc) is 1.90. The van der Waals surface area contributed by atoms with Crippen molar-refractivity contribution < 1.29 is 10.0 Å². The van der Waals surface area contributed by atoms with Crippen LogP contribution in [0.25, 0.3) is 0 Å². The summed E-state index contributed by atoms with van der Waals surface area (Å²) < 4.78 is 0. The lowest BCUT2D eigenvalue weighted by Gasteiger charge is -2.11. The molecule has 1 heterocycles. The normalized spacial score (nSPS) is 24.0. The Balaban J connectivity index is 2.44. The predicted octanol–water partition coefficient (Wildman–Crippen LogP) is -0.273. The molecule has 0 radical (unpaired) electrons. The Kier molecular flexibility index (Phi) is 1.67. The summed E-state index contributed by atoms with van der Waals surface area (Å²) in [6.07, 6.45) is 1.03. The Morgan fingerprint density at radius 3 is 2.78 bits per heavy atom. The van der Waals surface area contributed by atoms with Crippen LogP contribution in [-0.2, 0) is 4.79 Å². The summed E-state index contributed by atoms with van der Waals surface area (Å²) in [7, 11) is 0. The molecular weight excluding hydrogens is 120 g/mol. The van der Waals surface area contributed by atoms with E-state index in [4.69, 9.17) is 5.21 Å². The first-order valence-corrected chi connectivity index (χ1v) is 2.79. The first kappa shape index (κ1) is 6.07. The van der Waals surface area contributed by atoms with Crippen molar-refractivity contribution in [2.45, 2.75) is 12.8 Å². The van der Waals surface area contributed by atoms with Gasteiger partial charge >= 0.3 is 0 Å². The van der Waals surface area contributed by atoms with E-state index in [1.54, 1.807) is 0 Å². The van der Waals surface area contributed by atoms with Gasteiger partial charge < -0.3 is 10.5 Å². The minimum Gasteiger partial charge on any atom is -0.411 e. The number of nitrogens with one attached hydrogen (secondary N) is 1.